The standard InChI is InChI=1S/C22H15NO/c23-16-7-3-6-15(13-16)18-9-4-10-19-20-12-11-14-5-1-2-8-17(14)21(20)24-22(18)19/h1-13H,23H2. The highest BCUT2D eigenvalue weighted by molar-refractivity contribution is 6.17. The van der Waals surface area contributed by atoms with Crippen LogP contribution in [0.2, 0.25) is 0 Å². The summed E-state index contributed by atoms with van der Waals surface area (Å²) in [4.78, 5) is 0. The molecule has 0 aliphatic carbocycles. The van der Waals surface area contributed by atoms with Crippen LogP contribution in [-0.4, -0.2) is 0 Å². The molecular weight excluding hydrogens is 294 g/mol. The number of fused-ring (bicyclic) bond motifs is 5. The maximum absolute atomic E-state index is 6.35. The first kappa shape index (κ1) is 13.2. The molecule has 24 heavy (non-hydrogen) atoms. The maximum Gasteiger partial charge on any atom is 0.143 e. The van der Waals surface area contributed by atoms with E-state index in [0.717, 1.165) is 44.1 Å². The Hall–Kier alpha value is -3.26. The van der Waals surface area contributed by atoms with Gasteiger partial charge in [0.05, 0.1) is 0 Å². The fourth-order valence-electron chi connectivity index (χ4n) is 3.46. The van der Waals surface area contributed by atoms with Gasteiger partial charge in [0.25, 0.3) is 0 Å². The summed E-state index contributed by atoms with van der Waals surface area (Å²) in [6, 6.07) is 26.8. The summed E-state index contributed by atoms with van der Waals surface area (Å²) in [6.07, 6.45) is 0. The summed E-state index contributed by atoms with van der Waals surface area (Å²) in [6.45, 7) is 0. The van der Waals surface area contributed by atoms with Crippen LogP contribution in [0.4, 0.5) is 5.69 Å². The molecule has 0 spiro atoms. The third-order valence-corrected chi connectivity index (χ3v) is 4.59. The summed E-state index contributed by atoms with van der Waals surface area (Å²) < 4.78 is 6.35. The number of para-hydroxylation sites is 1. The Morgan fingerprint density at radius 2 is 1.42 bits per heavy atom. The van der Waals surface area contributed by atoms with Crippen molar-refractivity contribution in [3.05, 3.63) is 78.9 Å². The molecule has 2 heteroatoms. The predicted molar refractivity (Wildman–Crippen MR) is 101 cm³/mol. The van der Waals surface area contributed by atoms with E-state index in [-0.39, 0.29) is 0 Å². The molecule has 1 heterocycles. The van der Waals surface area contributed by atoms with E-state index in [1.165, 1.54) is 5.39 Å². The van der Waals surface area contributed by atoms with Crippen LogP contribution in [-0.2, 0) is 0 Å². The Kier molecular flexibility index (Phi) is 2.68. The van der Waals surface area contributed by atoms with Crippen LogP contribution in [0, 0.1) is 0 Å². The van der Waals surface area contributed by atoms with Crippen LogP contribution in [0.5, 0.6) is 0 Å². The van der Waals surface area contributed by atoms with Gasteiger partial charge < -0.3 is 10.2 Å². The fraction of sp³-hybridized carbons (Fsp3) is 0. The van der Waals surface area contributed by atoms with Gasteiger partial charge in [0.2, 0.25) is 0 Å². The minimum atomic E-state index is 0.756. The molecule has 0 aliphatic rings. The van der Waals surface area contributed by atoms with Crippen LogP contribution < -0.4 is 5.73 Å². The molecule has 2 nitrogen and oxygen atoms in total. The van der Waals surface area contributed by atoms with E-state index in [9.17, 15) is 0 Å². The lowest BCUT2D eigenvalue weighted by Gasteiger charge is -2.03. The molecule has 0 radical (unpaired) electrons. The number of hydrogen-bond donors (Lipinski definition) is 1. The minimum Gasteiger partial charge on any atom is -0.455 e. The highest BCUT2D eigenvalue weighted by Gasteiger charge is 2.13. The Labute approximate surface area is 139 Å². The Balaban J connectivity index is 1.92. The summed E-state index contributed by atoms with van der Waals surface area (Å²) in [5.41, 5.74) is 10.7. The van der Waals surface area contributed by atoms with Gasteiger partial charge in [0, 0.05) is 27.4 Å². The van der Waals surface area contributed by atoms with E-state index >= 15 is 0 Å². The van der Waals surface area contributed by atoms with Gasteiger partial charge >= 0.3 is 0 Å². The van der Waals surface area contributed by atoms with E-state index in [1.807, 2.05) is 24.3 Å². The molecule has 114 valence electrons. The van der Waals surface area contributed by atoms with Gasteiger partial charge in [0.1, 0.15) is 11.2 Å². The normalized spacial score (nSPS) is 11.5. The zero-order valence-electron chi connectivity index (χ0n) is 13.0. The average Bonchev–Trinajstić information content (AvgIpc) is 3.01. The van der Waals surface area contributed by atoms with Crippen LogP contribution in [0.3, 0.4) is 0 Å². The second-order valence-corrected chi connectivity index (χ2v) is 6.07. The molecule has 0 atom stereocenters. The smallest absolute Gasteiger partial charge is 0.143 e. The lowest BCUT2D eigenvalue weighted by Crippen LogP contribution is -1.85. The van der Waals surface area contributed by atoms with Crippen molar-refractivity contribution in [3.63, 3.8) is 0 Å². The first-order valence-electron chi connectivity index (χ1n) is 8.00. The molecule has 5 aromatic rings. The van der Waals surface area contributed by atoms with Crippen molar-refractivity contribution in [2.45, 2.75) is 0 Å². The van der Waals surface area contributed by atoms with Crippen molar-refractivity contribution in [2.75, 3.05) is 5.73 Å². The lowest BCUT2D eigenvalue weighted by atomic mass is 10.0. The zero-order valence-corrected chi connectivity index (χ0v) is 13.0. The number of furan rings is 1. The van der Waals surface area contributed by atoms with Gasteiger partial charge in [0.15, 0.2) is 0 Å². The third-order valence-electron chi connectivity index (χ3n) is 4.59. The summed E-state index contributed by atoms with van der Waals surface area (Å²) >= 11 is 0. The Morgan fingerprint density at radius 3 is 2.33 bits per heavy atom. The highest BCUT2D eigenvalue weighted by atomic mass is 16.3. The van der Waals surface area contributed by atoms with E-state index in [4.69, 9.17) is 10.2 Å². The van der Waals surface area contributed by atoms with Crippen LogP contribution >= 0.6 is 0 Å². The number of nitrogen functional groups attached to an aromatic ring is 1. The van der Waals surface area contributed by atoms with Crippen LogP contribution in [0.15, 0.2) is 83.3 Å². The molecule has 2 N–H and O–H groups in total. The quantitative estimate of drug-likeness (QED) is 0.386. The number of benzene rings is 4. The zero-order chi connectivity index (χ0) is 16.1. The molecule has 1 aromatic heterocycles. The molecular formula is C22H15NO. The van der Waals surface area contributed by atoms with E-state index < -0.39 is 0 Å². The number of hydrogen-bond acceptors (Lipinski definition) is 2. The van der Waals surface area contributed by atoms with Crippen molar-refractivity contribution < 1.29 is 4.42 Å². The number of rotatable bonds is 1. The van der Waals surface area contributed by atoms with Crippen molar-refractivity contribution in [1.82, 2.24) is 0 Å². The van der Waals surface area contributed by atoms with Gasteiger partial charge in [-0.3, -0.25) is 0 Å². The van der Waals surface area contributed by atoms with Crippen molar-refractivity contribution in [1.29, 1.82) is 0 Å². The first-order valence-corrected chi connectivity index (χ1v) is 8.00. The predicted octanol–water partition coefficient (Wildman–Crippen LogP) is 5.99. The molecule has 4 aromatic carbocycles. The summed E-state index contributed by atoms with van der Waals surface area (Å²) in [5.74, 6) is 0. The van der Waals surface area contributed by atoms with E-state index in [0.29, 0.717) is 0 Å². The van der Waals surface area contributed by atoms with Gasteiger partial charge in [-0.1, -0.05) is 60.7 Å². The second kappa shape index (κ2) is 4.87. The van der Waals surface area contributed by atoms with Crippen LogP contribution in [0.1, 0.15) is 0 Å². The second-order valence-electron chi connectivity index (χ2n) is 6.07. The molecule has 0 saturated heterocycles. The van der Waals surface area contributed by atoms with Gasteiger partial charge in [-0.05, 0) is 29.1 Å². The fourth-order valence-corrected chi connectivity index (χ4v) is 3.46. The molecule has 0 amide bonds. The molecule has 0 aliphatic heterocycles. The Morgan fingerprint density at radius 1 is 0.625 bits per heavy atom. The molecule has 0 unspecified atom stereocenters. The van der Waals surface area contributed by atoms with Crippen molar-refractivity contribution >= 4 is 38.4 Å². The molecule has 0 bridgehead atoms. The average molecular weight is 309 g/mol. The van der Waals surface area contributed by atoms with Crippen molar-refractivity contribution in [3.8, 4) is 11.1 Å². The Bertz CT molecular complexity index is 1220. The monoisotopic (exact) mass is 309 g/mol. The van der Waals surface area contributed by atoms with Crippen LogP contribution in [0.25, 0.3) is 43.8 Å². The van der Waals surface area contributed by atoms with Gasteiger partial charge in [-0.2, -0.15) is 0 Å². The minimum absolute atomic E-state index is 0.756. The van der Waals surface area contributed by atoms with Crippen molar-refractivity contribution in [2.24, 2.45) is 0 Å². The van der Waals surface area contributed by atoms with Gasteiger partial charge in [-0.15, -0.1) is 0 Å². The number of anilines is 1. The highest BCUT2D eigenvalue weighted by Crippen LogP contribution is 2.38. The SMILES string of the molecule is Nc1cccc(-c2cccc3c2oc2c4ccccc4ccc32)c1. The third kappa shape index (κ3) is 1.83. The van der Waals surface area contributed by atoms with Gasteiger partial charge in [-0.25, -0.2) is 0 Å². The summed E-state index contributed by atoms with van der Waals surface area (Å²) in [7, 11) is 0. The van der Waals surface area contributed by atoms with E-state index in [1.54, 1.807) is 0 Å². The van der Waals surface area contributed by atoms with E-state index in [2.05, 4.69) is 54.6 Å². The lowest BCUT2D eigenvalue weighted by molar-refractivity contribution is 0.674. The maximum atomic E-state index is 6.35. The molecule has 0 saturated carbocycles. The molecule has 0 fully saturated rings. The summed E-state index contributed by atoms with van der Waals surface area (Å²) in [5, 5.41) is 4.62. The molecule has 5 rings (SSSR count). The topological polar surface area (TPSA) is 39.2 Å². The number of nitrogens with two attached hydrogens (primary N) is 1. The largest absolute Gasteiger partial charge is 0.455 e. The first-order chi connectivity index (χ1) is 11.8.